The van der Waals surface area contributed by atoms with Crippen LogP contribution in [0.2, 0.25) is 0 Å². The van der Waals surface area contributed by atoms with Crippen LogP contribution in [0.1, 0.15) is 19.4 Å². The predicted octanol–water partition coefficient (Wildman–Crippen LogP) is 0.389. The molecule has 0 saturated heterocycles. The van der Waals surface area contributed by atoms with Gasteiger partial charge in [0.25, 0.3) is 0 Å². The number of carboxylic acid groups (broad SMARTS) is 1. The Morgan fingerprint density at radius 2 is 2.19 bits per heavy atom. The van der Waals surface area contributed by atoms with E-state index < -0.39 is 17.9 Å². The second-order valence-corrected chi connectivity index (χ2v) is 4.85. The standard InChI is InChI=1S/C13H17N5O3/c1-8(13(14)21)18-11-4-3-9(7-10(11)15-16-18)17(2)6-5-12(19)20/h3-4,7-8H,5-6H2,1-2H3,(H2,14,21)(H,19,20). The number of nitrogens with two attached hydrogens (primary N) is 1. The van der Waals surface area contributed by atoms with Gasteiger partial charge in [-0.2, -0.15) is 0 Å². The maximum atomic E-state index is 11.2. The first-order valence-corrected chi connectivity index (χ1v) is 6.47. The Labute approximate surface area is 121 Å². The largest absolute Gasteiger partial charge is 0.481 e. The number of hydrogen-bond acceptors (Lipinski definition) is 5. The number of benzene rings is 1. The number of hydrogen-bond donors (Lipinski definition) is 2. The molecule has 0 spiro atoms. The molecule has 0 aliphatic rings. The Kier molecular flexibility index (Phi) is 4.06. The lowest BCUT2D eigenvalue weighted by Crippen LogP contribution is -2.24. The van der Waals surface area contributed by atoms with E-state index >= 15 is 0 Å². The fourth-order valence-electron chi connectivity index (χ4n) is 1.97. The molecule has 1 aromatic carbocycles. The van der Waals surface area contributed by atoms with Crippen LogP contribution >= 0.6 is 0 Å². The molecule has 0 saturated carbocycles. The molecule has 8 heteroatoms. The number of amides is 1. The van der Waals surface area contributed by atoms with Gasteiger partial charge >= 0.3 is 5.97 Å². The van der Waals surface area contributed by atoms with Crippen molar-refractivity contribution in [2.24, 2.45) is 5.73 Å². The third-order valence-electron chi connectivity index (χ3n) is 3.34. The maximum Gasteiger partial charge on any atom is 0.305 e. The van der Waals surface area contributed by atoms with Gasteiger partial charge in [-0.15, -0.1) is 5.10 Å². The predicted molar refractivity (Wildman–Crippen MR) is 77.0 cm³/mol. The molecular formula is C13H17N5O3. The summed E-state index contributed by atoms with van der Waals surface area (Å²) in [6.07, 6.45) is 0.0555. The fourth-order valence-corrected chi connectivity index (χ4v) is 1.97. The smallest absolute Gasteiger partial charge is 0.305 e. The SMILES string of the molecule is CC(C(N)=O)n1nnc2cc(N(C)CCC(=O)O)ccc21. The number of nitrogens with zero attached hydrogens (tertiary/aromatic N) is 4. The van der Waals surface area contributed by atoms with Crippen molar-refractivity contribution >= 4 is 28.6 Å². The van der Waals surface area contributed by atoms with Crippen molar-refractivity contribution in [1.29, 1.82) is 0 Å². The second-order valence-electron chi connectivity index (χ2n) is 4.85. The molecule has 2 rings (SSSR count). The highest BCUT2D eigenvalue weighted by atomic mass is 16.4. The average Bonchev–Trinajstić information content (AvgIpc) is 2.86. The molecule has 0 aliphatic carbocycles. The van der Waals surface area contributed by atoms with Crippen LogP contribution in [-0.2, 0) is 9.59 Å². The maximum absolute atomic E-state index is 11.2. The number of rotatable bonds is 6. The third-order valence-corrected chi connectivity index (χ3v) is 3.34. The molecule has 2 aromatic rings. The molecule has 3 N–H and O–H groups in total. The van der Waals surface area contributed by atoms with Gasteiger partial charge in [0.1, 0.15) is 11.6 Å². The van der Waals surface area contributed by atoms with Crippen LogP contribution < -0.4 is 10.6 Å². The molecule has 112 valence electrons. The lowest BCUT2D eigenvalue weighted by Gasteiger charge is -2.18. The number of anilines is 1. The van der Waals surface area contributed by atoms with Crippen molar-refractivity contribution in [1.82, 2.24) is 15.0 Å². The van der Waals surface area contributed by atoms with E-state index in [1.807, 2.05) is 11.0 Å². The zero-order valence-corrected chi connectivity index (χ0v) is 11.9. The van der Waals surface area contributed by atoms with Crippen LogP contribution in [0.5, 0.6) is 0 Å². The van der Waals surface area contributed by atoms with E-state index in [0.29, 0.717) is 17.6 Å². The van der Waals surface area contributed by atoms with Crippen molar-refractivity contribution < 1.29 is 14.7 Å². The van der Waals surface area contributed by atoms with Crippen molar-refractivity contribution in [3.05, 3.63) is 18.2 Å². The second kappa shape index (κ2) is 5.78. The molecule has 1 aromatic heterocycles. The van der Waals surface area contributed by atoms with Gasteiger partial charge in [0.15, 0.2) is 0 Å². The Morgan fingerprint density at radius 1 is 1.48 bits per heavy atom. The zero-order chi connectivity index (χ0) is 15.6. The van der Waals surface area contributed by atoms with Crippen molar-refractivity contribution in [2.45, 2.75) is 19.4 Å². The first-order valence-electron chi connectivity index (χ1n) is 6.47. The molecule has 1 amide bonds. The summed E-state index contributed by atoms with van der Waals surface area (Å²) in [5.74, 6) is -1.33. The van der Waals surface area contributed by atoms with Gasteiger partial charge in [-0.05, 0) is 25.1 Å². The average molecular weight is 291 g/mol. The lowest BCUT2D eigenvalue weighted by atomic mass is 10.2. The summed E-state index contributed by atoms with van der Waals surface area (Å²) in [6, 6.07) is 4.85. The molecule has 1 unspecified atom stereocenters. The Bertz CT molecular complexity index is 681. The molecule has 0 fully saturated rings. The number of fused-ring (bicyclic) bond motifs is 1. The highest BCUT2D eigenvalue weighted by Gasteiger charge is 2.16. The summed E-state index contributed by atoms with van der Waals surface area (Å²) in [5, 5.41) is 16.7. The normalized spacial score (nSPS) is 12.3. The summed E-state index contributed by atoms with van der Waals surface area (Å²) in [7, 11) is 1.81. The summed E-state index contributed by atoms with van der Waals surface area (Å²) < 4.78 is 1.47. The first kappa shape index (κ1) is 14.8. The summed E-state index contributed by atoms with van der Waals surface area (Å²) in [5.41, 5.74) is 7.44. The van der Waals surface area contributed by atoms with Gasteiger partial charge in [0.2, 0.25) is 5.91 Å². The molecule has 1 heterocycles. The van der Waals surface area contributed by atoms with E-state index in [9.17, 15) is 9.59 Å². The van der Waals surface area contributed by atoms with Crippen LogP contribution in [0, 0.1) is 0 Å². The Balaban J connectivity index is 2.27. The molecule has 1 atom stereocenters. The van der Waals surface area contributed by atoms with Crippen LogP contribution in [0.25, 0.3) is 11.0 Å². The summed E-state index contributed by atoms with van der Waals surface area (Å²) in [4.78, 5) is 23.7. The molecule has 8 nitrogen and oxygen atoms in total. The van der Waals surface area contributed by atoms with Crippen LogP contribution in [0.3, 0.4) is 0 Å². The van der Waals surface area contributed by atoms with E-state index in [1.54, 1.807) is 26.1 Å². The van der Waals surface area contributed by atoms with Crippen LogP contribution in [-0.4, -0.2) is 45.6 Å². The zero-order valence-electron chi connectivity index (χ0n) is 11.9. The quantitative estimate of drug-likeness (QED) is 0.795. The number of aliphatic carboxylic acids is 1. The van der Waals surface area contributed by atoms with E-state index in [-0.39, 0.29) is 6.42 Å². The van der Waals surface area contributed by atoms with Gasteiger partial charge in [-0.3, -0.25) is 9.59 Å². The number of aromatic nitrogens is 3. The number of carboxylic acids is 1. The van der Waals surface area contributed by atoms with Crippen LogP contribution in [0.4, 0.5) is 5.69 Å². The highest BCUT2D eigenvalue weighted by Crippen LogP contribution is 2.21. The number of carbonyl (C=O) groups excluding carboxylic acids is 1. The topological polar surface area (TPSA) is 114 Å². The Hall–Kier alpha value is -2.64. The van der Waals surface area contributed by atoms with Crippen LogP contribution in [0.15, 0.2) is 18.2 Å². The van der Waals surface area contributed by atoms with Gasteiger partial charge in [-0.25, -0.2) is 4.68 Å². The number of primary amides is 1. The molecule has 0 bridgehead atoms. The monoisotopic (exact) mass is 291 g/mol. The summed E-state index contributed by atoms with van der Waals surface area (Å²) >= 11 is 0. The molecule has 21 heavy (non-hydrogen) atoms. The van der Waals surface area contributed by atoms with Crippen molar-refractivity contribution in [2.75, 3.05) is 18.5 Å². The van der Waals surface area contributed by atoms with Gasteiger partial charge in [0.05, 0.1) is 11.9 Å². The van der Waals surface area contributed by atoms with E-state index in [0.717, 1.165) is 5.69 Å². The van der Waals surface area contributed by atoms with E-state index in [2.05, 4.69) is 10.3 Å². The van der Waals surface area contributed by atoms with E-state index in [1.165, 1.54) is 4.68 Å². The minimum atomic E-state index is -0.843. The van der Waals surface area contributed by atoms with Gasteiger partial charge in [0, 0.05) is 19.3 Å². The molecule has 0 aliphatic heterocycles. The van der Waals surface area contributed by atoms with Crippen molar-refractivity contribution in [3.63, 3.8) is 0 Å². The first-order chi connectivity index (χ1) is 9.90. The van der Waals surface area contributed by atoms with Gasteiger partial charge in [-0.1, -0.05) is 5.21 Å². The van der Waals surface area contributed by atoms with E-state index in [4.69, 9.17) is 10.8 Å². The number of carbonyl (C=O) groups is 2. The van der Waals surface area contributed by atoms with Crippen molar-refractivity contribution in [3.8, 4) is 0 Å². The minimum Gasteiger partial charge on any atom is -0.481 e. The molecular weight excluding hydrogens is 274 g/mol. The summed E-state index contributed by atoms with van der Waals surface area (Å²) in [6.45, 7) is 2.05. The third kappa shape index (κ3) is 3.10. The molecule has 0 radical (unpaired) electrons. The lowest BCUT2D eigenvalue weighted by molar-refractivity contribution is -0.136. The fraction of sp³-hybridized carbons (Fsp3) is 0.385. The Morgan fingerprint density at radius 3 is 2.81 bits per heavy atom. The minimum absolute atomic E-state index is 0.0555. The highest BCUT2D eigenvalue weighted by molar-refractivity contribution is 5.83. The van der Waals surface area contributed by atoms with Gasteiger partial charge < -0.3 is 15.7 Å².